The van der Waals surface area contributed by atoms with Crippen LogP contribution >= 0.6 is 0 Å². The highest BCUT2D eigenvalue weighted by atomic mass is 16.1. The van der Waals surface area contributed by atoms with Crippen LogP contribution in [0, 0.1) is 0 Å². The van der Waals surface area contributed by atoms with Crippen molar-refractivity contribution in [3.05, 3.63) is 84.4 Å². The highest BCUT2D eigenvalue weighted by Crippen LogP contribution is 2.26. The third kappa shape index (κ3) is 4.18. The van der Waals surface area contributed by atoms with Gasteiger partial charge in [-0.15, -0.1) is 0 Å². The second-order valence-electron chi connectivity index (χ2n) is 8.09. The fraction of sp³-hybridized carbons (Fsp3) is 0.192. The number of pyridine rings is 2. The van der Waals surface area contributed by atoms with Crippen molar-refractivity contribution in [1.29, 1.82) is 0 Å². The fourth-order valence-electron chi connectivity index (χ4n) is 4.15. The molecular weight excluding hydrogens is 398 g/mol. The summed E-state index contributed by atoms with van der Waals surface area (Å²) in [6.45, 7) is 3.98. The van der Waals surface area contributed by atoms with Gasteiger partial charge in [0.25, 0.3) is 0 Å². The molecule has 0 bridgehead atoms. The number of carbonyl (C=O) groups excluding carboxylic acids is 1. The van der Waals surface area contributed by atoms with Crippen molar-refractivity contribution in [2.24, 2.45) is 0 Å². The fourth-order valence-corrected chi connectivity index (χ4v) is 4.15. The normalized spacial score (nSPS) is 13.9. The van der Waals surface area contributed by atoms with Gasteiger partial charge in [-0.1, -0.05) is 12.1 Å². The summed E-state index contributed by atoms with van der Waals surface area (Å²) in [6.07, 6.45) is 5.51. The van der Waals surface area contributed by atoms with E-state index in [0.717, 1.165) is 53.6 Å². The number of Topliss-reactive ketones (excluding diaryl/α,β-unsaturated/α-hetero) is 1. The van der Waals surface area contributed by atoms with Crippen LogP contribution < -0.4 is 16.0 Å². The number of nitrogen functional groups attached to an aromatic ring is 1. The Morgan fingerprint density at radius 1 is 0.938 bits per heavy atom. The molecule has 160 valence electrons. The Labute approximate surface area is 187 Å². The number of piperazine rings is 1. The first-order valence-corrected chi connectivity index (χ1v) is 10.8. The standard InChI is InChI=1S/C26H25N5O/c27-24-4-2-19(18-5-7-28-8-6-18)13-21(24)16-26(32)25-15-20-1-3-23(14-22(20)17-30-25)31-11-9-29-10-12-31/h1-8,13-15,17,29H,9-12,16,27H2. The van der Waals surface area contributed by atoms with E-state index in [0.29, 0.717) is 11.4 Å². The molecule has 1 saturated heterocycles. The average molecular weight is 424 g/mol. The summed E-state index contributed by atoms with van der Waals surface area (Å²) < 4.78 is 0. The van der Waals surface area contributed by atoms with Crippen LogP contribution in [0.2, 0.25) is 0 Å². The van der Waals surface area contributed by atoms with Crippen molar-refractivity contribution < 1.29 is 4.79 Å². The zero-order valence-electron chi connectivity index (χ0n) is 17.8. The lowest BCUT2D eigenvalue weighted by atomic mass is 9.98. The topological polar surface area (TPSA) is 84.1 Å². The van der Waals surface area contributed by atoms with E-state index in [1.54, 1.807) is 18.6 Å². The molecule has 0 unspecified atom stereocenters. The lowest BCUT2D eigenvalue weighted by Gasteiger charge is -2.29. The maximum Gasteiger partial charge on any atom is 0.185 e. The molecule has 0 aliphatic carbocycles. The number of ketones is 1. The molecule has 0 atom stereocenters. The molecule has 0 radical (unpaired) electrons. The molecule has 5 rings (SSSR count). The Hall–Kier alpha value is -3.77. The van der Waals surface area contributed by atoms with Gasteiger partial charge in [0.05, 0.1) is 0 Å². The largest absolute Gasteiger partial charge is 0.398 e. The van der Waals surface area contributed by atoms with Crippen LogP contribution in [0.15, 0.2) is 73.2 Å². The molecule has 3 N–H and O–H groups in total. The molecule has 4 aromatic rings. The van der Waals surface area contributed by atoms with Gasteiger partial charge < -0.3 is 16.0 Å². The second kappa shape index (κ2) is 8.77. The lowest BCUT2D eigenvalue weighted by molar-refractivity contribution is 0.0988. The minimum absolute atomic E-state index is 0.0448. The van der Waals surface area contributed by atoms with Gasteiger partial charge in [-0.05, 0) is 64.5 Å². The minimum atomic E-state index is -0.0448. The predicted octanol–water partition coefficient (Wildman–Crippen LogP) is 3.71. The molecule has 3 heterocycles. The van der Waals surface area contributed by atoms with E-state index in [1.807, 2.05) is 36.4 Å². The number of nitrogens with one attached hydrogen (secondary N) is 1. The van der Waals surface area contributed by atoms with E-state index >= 15 is 0 Å². The van der Waals surface area contributed by atoms with E-state index in [2.05, 4.69) is 38.4 Å². The van der Waals surface area contributed by atoms with Crippen LogP contribution in [-0.2, 0) is 6.42 Å². The van der Waals surface area contributed by atoms with Crippen LogP contribution in [-0.4, -0.2) is 41.9 Å². The number of benzene rings is 2. The number of fused-ring (bicyclic) bond motifs is 1. The summed E-state index contributed by atoms with van der Waals surface area (Å²) in [5.41, 5.74) is 11.3. The summed E-state index contributed by atoms with van der Waals surface area (Å²) in [6, 6.07) is 17.9. The minimum Gasteiger partial charge on any atom is -0.398 e. The summed E-state index contributed by atoms with van der Waals surface area (Å²) >= 11 is 0. The van der Waals surface area contributed by atoms with Gasteiger partial charge in [-0.25, -0.2) is 0 Å². The average Bonchev–Trinajstić information content (AvgIpc) is 2.85. The van der Waals surface area contributed by atoms with Crippen molar-refractivity contribution in [2.75, 3.05) is 36.8 Å². The smallest absolute Gasteiger partial charge is 0.185 e. The molecule has 0 amide bonds. The molecule has 2 aromatic carbocycles. The predicted molar refractivity (Wildman–Crippen MR) is 129 cm³/mol. The first-order valence-electron chi connectivity index (χ1n) is 10.8. The molecule has 1 aliphatic rings. The maximum atomic E-state index is 13.0. The Morgan fingerprint density at radius 3 is 2.56 bits per heavy atom. The van der Waals surface area contributed by atoms with Crippen LogP contribution in [0.5, 0.6) is 0 Å². The van der Waals surface area contributed by atoms with Crippen molar-refractivity contribution in [3.63, 3.8) is 0 Å². The Balaban J connectivity index is 1.38. The number of rotatable bonds is 5. The highest BCUT2D eigenvalue weighted by Gasteiger charge is 2.14. The van der Waals surface area contributed by atoms with Crippen molar-refractivity contribution in [3.8, 4) is 11.1 Å². The molecule has 0 saturated carbocycles. The molecule has 32 heavy (non-hydrogen) atoms. The van der Waals surface area contributed by atoms with Gasteiger partial charge in [0.2, 0.25) is 0 Å². The molecule has 6 nitrogen and oxygen atoms in total. The first kappa shape index (κ1) is 20.2. The zero-order valence-corrected chi connectivity index (χ0v) is 17.8. The quantitative estimate of drug-likeness (QED) is 0.376. The second-order valence-corrected chi connectivity index (χ2v) is 8.09. The van der Waals surface area contributed by atoms with Crippen LogP contribution in [0.25, 0.3) is 21.9 Å². The van der Waals surface area contributed by atoms with Gasteiger partial charge in [0.1, 0.15) is 5.69 Å². The Morgan fingerprint density at radius 2 is 1.75 bits per heavy atom. The zero-order chi connectivity index (χ0) is 21.9. The Kier molecular flexibility index (Phi) is 5.52. The van der Waals surface area contributed by atoms with Gasteiger partial charge in [0.15, 0.2) is 5.78 Å². The number of nitrogens with two attached hydrogens (primary N) is 1. The van der Waals surface area contributed by atoms with E-state index in [4.69, 9.17) is 5.73 Å². The lowest BCUT2D eigenvalue weighted by Crippen LogP contribution is -2.43. The highest BCUT2D eigenvalue weighted by molar-refractivity contribution is 6.00. The summed E-state index contributed by atoms with van der Waals surface area (Å²) in [4.78, 5) is 23.9. The third-order valence-electron chi connectivity index (χ3n) is 5.98. The van der Waals surface area contributed by atoms with Gasteiger partial charge in [-0.2, -0.15) is 0 Å². The van der Waals surface area contributed by atoms with E-state index < -0.39 is 0 Å². The monoisotopic (exact) mass is 423 g/mol. The van der Waals surface area contributed by atoms with E-state index in [9.17, 15) is 4.79 Å². The van der Waals surface area contributed by atoms with Crippen molar-refractivity contribution in [2.45, 2.75) is 6.42 Å². The van der Waals surface area contributed by atoms with Crippen LogP contribution in [0.4, 0.5) is 11.4 Å². The van der Waals surface area contributed by atoms with Gasteiger partial charge in [0, 0.05) is 68.0 Å². The number of aromatic nitrogens is 2. The van der Waals surface area contributed by atoms with Crippen LogP contribution in [0.3, 0.4) is 0 Å². The number of anilines is 2. The van der Waals surface area contributed by atoms with E-state index in [1.165, 1.54) is 5.69 Å². The molecule has 0 spiro atoms. The maximum absolute atomic E-state index is 13.0. The molecule has 2 aromatic heterocycles. The van der Waals surface area contributed by atoms with Crippen molar-refractivity contribution >= 4 is 27.9 Å². The number of nitrogens with zero attached hydrogens (tertiary/aromatic N) is 3. The summed E-state index contributed by atoms with van der Waals surface area (Å²) in [7, 11) is 0. The summed E-state index contributed by atoms with van der Waals surface area (Å²) in [5, 5.41) is 5.43. The van der Waals surface area contributed by atoms with Crippen LogP contribution in [0.1, 0.15) is 16.1 Å². The number of hydrogen-bond donors (Lipinski definition) is 2. The SMILES string of the molecule is Nc1ccc(-c2ccncc2)cc1CC(=O)c1cc2ccc(N3CCNCC3)cc2cn1. The first-order chi connectivity index (χ1) is 15.7. The molecule has 6 heteroatoms. The molecular formula is C26H25N5O. The number of hydrogen-bond acceptors (Lipinski definition) is 6. The van der Waals surface area contributed by atoms with Crippen molar-refractivity contribution in [1.82, 2.24) is 15.3 Å². The molecule has 1 fully saturated rings. The Bertz CT molecular complexity index is 1270. The van der Waals surface area contributed by atoms with E-state index in [-0.39, 0.29) is 12.2 Å². The summed E-state index contributed by atoms with van der Waals surface area (Å²) in [5.74, 6) is -0.0448. The van der Waals surface area contributed by atoms with Gasteiger partial charge in [-0.3, -0.25) is 14.8 Å². The third-order valence-corrected chi connectivity index (χ3v) is 5.98. The molecule has 1 aliphatic heterocycles. The number of carbonyl (C=O) groups is 1. The van der Waals surface area contributed by atoms with Gasteiger partial charge >= 0.3 is 0 Å².